The van der Waals surface area contributed by atoms with Crippen molar-refractivity contribution in [2.24, 2.45) is 0 Å². The second-order valence-electron chi connectivity index (χ2n) is 5.23. The molecule has 0 spiro atoms. The molecule has 2 aromatic heterocycles. The molecule has 4 rings (SSSR count). The first kappa shape index (κ1) is 13.7. The van der Waals surface area contributed by atoms with Gasteiger partial charge in [0, 0.05) is 24.6 Å². The predicted octanol–water partition coefficient (Wildman–Crippen LogP) is 3.88. The third-order valence-electron chi connectivity index (χ3n) is 3.56. The van der Waals surface area contributed by atoms with Crippen molar-refractivity contribution < 1.29 is 17.7 Å². The lowest BCUT2D eigenvalue weighted by Gasteiger charge is -2.12. The number of aromatic nitrogens is 2. The molecule has 0 aliphatic heterocycles. The van der Waals surface area contributed by atoms with Crippen LogP contribution in [0.3, 0.4) is 0 Å². The van der Waals surface area contributed by atoms with E-state index in [1.165, 1.54) is 24.3 Å². The molecule has 5 nitrogen and oxygen atoms in total. The Hall–Kier alpha value is -2.96. The summed E-state index contributed by atoms with van der Waals surface area (Å²) in [7, 11) is 1.77. The second-order valence-corrected chi connectivity index (χ2v) is 5.23. The van der Waals surface area contributed by atoms with Crippen LogP contribution in [-0.2, 0) is 6.54 Å². The molecule has 0 saturated carbocycles. The van der Waals surface area contributed by atoms with E-state index in [4.69, 9.17) is 8.94 Å². The van der Waals surface area contributed by atoms with Crippen LogP contribution < -0.4 is 4.90 Å². The van der Waals surface area contributed by atoms with E-state index in [2.05, 4.69) is 10.1 Å². The molecule has 0 atom stereocenters. The Morgan fingerprint density at radius 3 is 2.61 bits per heavy atom. The van der Waals surface area contributed by atoms with E-state index < -0.39 is 0 Å². The van der Waals surface area contributed by atoms with Crippen molar-refractivity contribution in [3.63, 3.8) is 0 Å². The summed E-state index contributed by atoms with van der Waals surface area (Å²) < 4.78 is 37.0. The second kappa shape index (κ2) is 5.05. The monoisotopic (exact) mass is 315 g/mol. The van der Waals surface area contributed by atoms with E-state index in [1.807, 2.05) is 0 Å². The summed E-state index contributed by atoms with van der Waals surface area (Å²) in [6.07, 6.45) is 0. The molecule has 2 heterocycles. The molecule has 0 bridgehead atoms. The van der Waals surface area contributed by atoms with Crippen molar-refractivity contribution in [2.75, 3.05) is 11.9 Å². The Balaban J connectivity index is 1.66. The van der Waals surface area contributed by atoms with Crippen molar-refractivity contribution >= 4 is 28.1 Å². The average Bonchev–Trinajstić information content (AvgIpc) is 3.10. The number of halogens is 2. The summed E-state index contributed by atoms with van der Waals surface area (Å²) in [6, 6.07) is 8.76. The molecule has 0 aliphatic carbocycles. The molecule has 0 unspecified atom stereocenters. The molecule has 7 heteroatoms. The number of oxazole rings is 1. The largest absolute Gasteiger partial charge is 0.423 e. The molecule has 116 valence electrons. The van der Waals surface area contributed by atoms with Crippen LogP contribution in [0, 0.1) is 11.6 Å². The minimum absolute atomic E-state index is 0.337. The van der Waals surface area contributed by atoms with Crippen molar-refractivity contribution in [3.8, 4) is 0 Å². The van der Waals surface area contributed by atoms with Gasteiger partial charge in [-0.05, 0) is 24.3 Å². The van der Waals surface area contributed by atoms with E-state index in [0.29, 0.717) is 34.9 Å². The van der Waals surface area contributed by atoms with Crippen LogP contribution in [0.1, 0.15) is 5.69 Å². The van der Waals surface area contributed by atoms with Gasteiger partial charge in [0.05, 0.1) is 6.54 Å². The summed E-state index contributed by atoms with van der Waals surface area (Å²) in [5.41, 5.74) is 1.96. The Morgan fingerprint density at radius 2 is 1.78 bits per heavy atom. The van der Waals surface area contributed by atoms with Crippen LogP contribution >= 0.6 is 0 Å². The molecule has 0 saturated heterocycles. The van der Waals surface area contributed by atoms with Gasteiger partial charge in [-0.3, -0.25) is 0 Å². The van der Waals surface area contributed by atoms with E-state index in [0.717, 1.165) is 5.39 Å². The zero-order chi connectivity index (χ0) is 16.0. The first-order valence-corrected chi connectivity index (χ1v) is 6.91. The number of rotatable bonds is 3. The molecule has 0 aliphatic rings. The SMILES string of the molecule is CN(Cc1noc2cc(F)ccc12)c1nc2ccc(F)cc2o1. The Labute approximate surface area is 129 Å². The molecule has 0 radical (unpaired) electrons. The van der Waals surface area contributed by atoms with Gasteiger partial charge in [-0.25, -0.2) is 8.78 Å². The highest BCUT2D eigenvalue weighted by atomic mass is 19.1. The standard InChI is InChI=1S/C16H11F2N3O2/c1-21(16-19-12-5-3-10(18)7-15(12)22-16)8-13-11-4-2-9(17)6-14(11)23-20-13/h2-7H,8H2,1H3. The van der Waals surface area contributed by atoms with E-state index in [-0.39, 0.29) is 11.6 Å². The molecule has 2 aromatic carbocycles. The number of nitrogens with zero attached hydrogens (tertiary/aromatic N) is 3. The minimum Gasteiger partial charge on any atom is -0.423 e. The molecule has 23 heavy (non-hydrogen) atoms. The summed E-state index contributed by atoms with van der Waals surface area (Å²) in [5, 5.41) is 4.68. The van der Waals surface area contributed by atoms with Crippen LogP contribution in [0.2, 0.25) is 0 Å². The molecule has 0 fully saturated rings. The highest BCUT2D eigenvalue weighted by molar-refractivity contribution is 5.79. The Morgan fingerprint density at radius 1 is 1.04 bits per heavy atom. The topological polar surface area (TPSA) is 55.3 Å². The molecule has 4 aromatic rings. The summed E-state index contributed by atoms with van der Waals surface area (Å²) >= 11 is 0. The van der Waals surface area contributed by atoms with Crippen molar-refractivity contribution in [1.29, 1.82) is 0 Å². The van der Waals surface area contributed by atoms with Crippen molar-refractivity contribution in [2.45, 2.75) is 6.54 Å². The zero-order valence-electron chi connectivity index (χ0n) is 12.1. The fourth-order valence-electron chi connectivity index (χ4n) is 2.42. The first-order valence-electron chi connectivity index (χ1n) is 6.91. The van der Waals surface area contributed by atoms with Crippen LogP contribution in [0.5, 0.6) is 0 Å². The van der Waals surface area contributed by atoms with Crippen molar-refractivity contribution in [1.82, 2.24) is 10.1 Å². The normalized spacial score (nSPS) is 11.4. The molecule has 0 N–H and O–H groups in total. The lowest BCUT2D eigenvalue weighted by molar-refractivity contribution is 0.443. The number of hydrogen-bond donors (Lipinski definition) is 0. The molecular weight excluding hydrogens is 304 g/mol. The Kier molecular flexibility index (Phi) is 3.00. The van der Waals surface area contributed by atoms with E-state index in [9.17, 15) is 8.78 Å². The number of anilines is 1. The lowest BCUT2D eigenvalue weighted by atomic mass is 10.2. The quantitative estimate of drug-likeness (QED) is 0.574. The minimum atomic E-state index is -0.382. The first-order chi connectivity index (χ1) is 11.1. The fourth-order valence-corrected chi connectivity index (χ4v) is 2.42. The third kappa shape index (κ3) is 2.40. The summed E-state index contributed by atoms with van der Waals surface area (Å²) in [6.45, 7) is 0.355. The van der Waals surface area contributed by atoms with Gasteiger partial charge in [-0.1, -0.05) is 5.16 Å². The summed E-state index contributed by atoms with van der Waals surface area (Å²) in [5.74, 6) is -0.762. The smallest absolute Gasteiger partial charge is 0.298 e. The number of hydrogen-bond acceptors (Lipinski definition) is 5. The Bertz CT molecular complexity index is 1010. The highest BCUT2D eigenvalue weighted by Gasteiger charge is 2.15. The molecule has 0 amide bonds. The van der Waals surface area contributed by atoms with Gasteiger partial charge in [-0.15, -0.1) is 0 Å². The molecular formula is C16H11F2N3O2. The van der Waals surface area contributed by atoms with Gasteiger partial charge in [0.25, 0.3) is 6.01 Å². The average molecular weight is 315 g/mol. The van der Waals surface area contributed by atoms with Crippen LogP contribution in [0.4, 0.5) is 14.8 Å². The van der Waals surface area contributed by atoms with Gasteiger partial charge >= 0.3 is 0 Å². The number of benzene rings is 2. The van der Waals surface area contributed by atoms with Crippen LogP contribution in [-0.4, -0.2) is 17.2 Å². The van der Waals surface area contributed by atoms with E-state index in [1.54, 1.807) is 24.1 Å². The van der Waals surface area contributed by atoms with Gasteiger partial charge in [0.1, 0.15) is 22.8 Å². The lowest BCUT2D eigenvalue weighted by Crippen LogP contribution is -2.16. The fraction of sp³-hybridized carbons (Fsp3) is 0.125. The highest BCUT2D eigenvalue weighted by Crippen LogP contribution is 2.25. The van der Waals surface area contributed by atoms with Gasteiger partial charge in [0.15, 0.2) is 11.2 Å². The maximum absolute atomic E-state index is 13.2. The zero-order valence-corrected chi connectivity index (χ0v) is 12.1. The predicted molar refractivity (Wildman–Crippen MR) is 80.0 cm³/mol. The third-order valence-corrected chi connectivity index (χ3v) is 3.56. The summed E-state index contributed by atoms with van der Waals surface area (Å²) in [4.78, 5) is 6.02. The van der Waals surface area contributed by atoms with Crippen molar-refractivity contribution in [3.05, 3.63) is 53.7 Å². The number of fused-ring (bicyclic) bond motifs is 2. The van der Waals surface area contributed by atoms with Gasteiger partial charge in [-0.2, -0.15) is 4.98 Å². The van der Waals surface area contributed by atoms with Gasteiger partial charge < -0.3 is 13.8 Å². The maximum atomic E-state index is 13.2. The van der Waals surface area contributed by atoms with E-state index >= 15 is 0 Å². The maximum Gasteiger partial charge on any atom is 0.298 e. The van der Waals surface area contributed by atoms with Gasteiger partial charge in [0.2, 0.25) is 0 Å². The van der Waals surface area contributed by atoms with Crippen LogP contribution in [0.25, 0.3) is 22.1 Å². The van der Waals surface area contributed by atoms with Crippen LogP contribution in [0.15, 0.2) is 45.3 Å².